The Morgan fingerprint density at radius 2 is 1.44 bits per heavy atom. The topological polar surface area (TPSA) is 35.5 Å². The molecule has 3 atom stereocenters. The Bertz CT molecular complexity index is 829. The summed E-state index contributed by atoms with van der Waals surface area (Å²) in [6.07, 6.45) is 4.47. The van der Waals surface area contributed by atoms with E-state index >= 15 is 0 Å². The first-order valence-corrected chi connectivity index (χ1v) is 9.93. The lowest BCUT2D eigenvalue weighted by atomic mass is 9.88. The Labute approximate surface area is 160 Å². The maximum absolute atomic E-state index is 13.3. The molecule has 3 heterocycles. The van der Waals surface area contributed by atoms with Gasteiger partial charge in [-0.15, -0.1) is 0 Å². The van der Waals surface area contributed by atoms with Gasteiger partial charge in [0.05, 0.1) is 26.2 Å². The van der Waals surface area contributed by atoms with Crippen LogP contribution in [-0.4, -0.2) is 42.7 Å². The molecule has 0 radical (unpaired) electrons. The van der Waals surface area contributed by atoms with Gasteiger partial charge in [0, 0.05) is 36.8 Å². The van der Waals surface area contributed by atoms with Crippen LogP contribution in [0.3, 0.4) is 0 Å². The molecule has 2 aromatic carbocycles. The van der Waals surface area contributed by atoms with Gasteiger partial charge in [0.1, 0.15) is 23.5 Å². The number of para-hydroxylation sites is 2. The molecule has 2 aromatic rings. The number of benzene rings is 2. The number of carbonyl (C=O) groups excluding carboxylic acids is 1. The summed E-state index contributed by atoms with van der Waals surface area (Å²) in [7, 11) is 4.65. The molecule has 27 heavy (non-hydrogen) atoms. The van der Waals surface area contributed by atoms with Crippen LogP contribution in [0.2, 0.25) is 0 Å². The third kappa shape index (κ3) is 2.66. The van der Waals surface area contributed by atoms with E-state index in [1.807, 2.05) is 48.5 Å². The van der Waals surface area contributed by atoms with E-state index in [-0.39, 0.29) is 12.1 Å². The molecule has 3 aliphatic rings. The molecule has 0 saturated carbocycles. The maximum Gasteiger partial charge on any atom is 0.318 e. The zero-order valence-corrected chi connectivity index (χ0v) is 15.9. The normalized spacial score (nSPS) is 28.0. The summed E-state index contributed by atoms with van der Waals surface area (Å²) in [6.45, 7) is 0. The fourth-order valence-corrected chi connectivity index (χ4v) is 5.32. The van der Waals surface area contributed by atoms with Gasteiger partial charge >= 0.3 is 5.97 Å². The van der Waals surface area contributed by atoms with Crippen molar-refractivity contribution < 1.29 is 18.8 Å². The molecule has 0 unspecified atom stereocenters. The monoisotopic (exact) mass is 364 g/mol. The van der Waals surface area contributed by atoms with E-state index < -0.39 is 5.92 Å². The average Bonchev–Trinajstić information content (AvgIpc) is 2.83. The number of ether oxygens (including phenoxy) is 2. The molecule has 2 saturated heterocycles. The Hall–Kier alpha value is -2.33. The molecule has 0 spiro atoms. The highest BCUT2D eigenvalue weighted by Crippen LogP contribution is 2.46. The molecule has 0 N–H and O–H groups in total. The molecule has 0 aromatic heterocycles. The molecule has 2 fully saturated rings. The zero-order valence-electron chi connectivity index (χ0n) is 15.9. The average molecular weight is 364 g/mol. The summed E-state index contributed by atoms with van der Waals surface area (Å²) in [5, 5.41) is 0. The Kier molecular flexibility index (Phi) is 3.80. The van der Waals surface area contributed by atoms with Gasteiger partial charge in [0.2, 0.25) is 0 Å². The molecule has 0 amide bonds. The second-order valence-electron chi connectivity index (χ2n) is 8.66. The highest BCUT2D eigenvalue weighted by atomic mass is 16.5. The van der Waals surface area contributed by atoms with Crippen LogP contribution in [0.1, 0.15) is 42.7 Å². The van der Waals surface area contributed by atoms with Gasteiger partial charge in [0.15, 0.2) is 0 Å². The van der Waals surface area contributed by atoms with Crippen LogP contribution in [0.25, 0.3) is 0 Å². The number of nitrogens with zero attached hydrogens (tertiary/aromatic N) is 1. The van der Waals surface area contributed by atoms with Crippen LogP contribution in [-0.2, 0) is 9.53 Å². The highest BCUT2D eigenvalue weighted by molar-refractivity contribution is 5.85. The summed E-state index contributed by atoms with van der Waals surface area (Å²) in [6, 6.07) is 16.8. The summed E-state index contributed by atoms with van der Waals surface area (Å²) in [5.41, 5.74) is 1.80. The minimum atomic E-state index is -0.409. The van der Waals surface area contributed by atoms with Crippen molar-refractivity contribution in [3.8, 4) is 11.5 Å². The number of fused-ring (bicyclic) bond motifs is 4. The van der Waals surface area contributed by atoms with Gasteiger partial charge in [-0.1, -0.05) is 36.4 Å². The molecule has 4 heteroatoms. The molecular weight excluding hydrogens is 338 g/mol. The number of piperidine rings is 1. The molecule has 2 bridgehead atoms. The van der Waals surface area contributed by atoms with Crippen molar-refractivity contribution >= 4 is 5.97 Å². The van der Waals surface area contributed by atoms with Gasteiger partial charge in [-0.3, -0.25) is 4.79 Å². The Morgan fingerprint density at radius 1 is 0.926 bits per heavy atom. The smallest absolute Gasteiger partial charge is 0.318 e. The van der Waals surface area contributed by atoms with E-state index in [1.165, 1.54) is 12.8 Å². The first-order chi connectivity index (χ1) is 13.0. The predicted molar refractivity (Wildman–Crippen MR) is 103 cm³/mol. The number of rotatable bonds is 2. The van der Waals surface area contributed by atoms with Gasteiger partial charge in [-0.05, 0) is 12.1 Å². The third-order valence-corrected chi connectivity index (χ3v) is 6.98. The quantitative estimate of drug-likeness (QED) is 0.591. The van der Waals surface area contributed by atoms with Crippen LogP contribution >= 0.6 is 0 Å². The van der Waals surface area contributed by atoms with Crippen molar-refractivity contribution in [2.24, 2.45) is 0 Å². The summed E-state index contributed by atoms with van der Waals surface area (Å²) < 4.78 is 13.2. The van der Waals surface area contributed by atoms with Gasteiger partial charge in [-0.25, -0.2) is 0 Å². The number of quaternary nitrogens is 1. The number of esters is 1. The van der Waals surface area contributed by atoms with Crippen molar-refractivity contribution in [3.63, 3.8) is 0 Å². The van der Waals surface area contributed by atoms with E-state index in [4.69, 9.17) is 9.47 Å². The molecule has 5 rings (SSSR count). The number of hydrogen-bond donors (Lipinski definition) is 0. The van der Waals surface area contributed by atoms with E-state index in [9.17, 15) is 4.79 Å². The predicted octanol–water partition coefficient (Wildman–Crippen LogP) is 4.24. The lowest BCUT2D eigenvalue weighted by Crippen LogP contribution is -2.56. The van der Waals surface area contributed by atoms with Crippen LogP contribution in [0, 0.1) is 0 Å². The zero-order chi connectivity index (χ0) is 18.6. The minimum Gasteiger partial charge on any atom is -0.461 e. The van der Waals surface area contributed by atoms with Crippen molar-refractivity contribution in [1.29, 1.82) is 0 Å². The van der Waals surface area contributed by atoms with Crippen LogP contribution in [0.4, 0.5) is 0 Å². The highest BCUT2D eigenvalue weighted by Gasteiger charge is 2.50. The third-order valence-electron chi connectivity index (χ3n) is 6.98. The fourth-order valence-electron chi connectivity index (χ4n) is 5.32. The van der Waals surface area contributed by atoms with E-state index in [1.54, 1.807) is 0 Å². The second kappa shape index (κ2) is 6.10. The van der Waals surface area contributed by atoms with Gasteiger partial charge in [-0.2, -0.15) is 0 Å². The molecule has 0 aliphatic carbocycles. The SMILES string of the molecule is C[N+]1(C)[C@@H]2CC[C@H]1C[C@@H](OC(=O)C1c3ccccc3Oc3ccccc31)C2. The minimum absolute atomic E-state index is 0.0309. The van der Waals surface area contributed by atoms with Gasteiger partial charge in [0.25, 0.3) is 0 Å². The lowest BCUT2D eigenvalue weighted by Gasteiger charge is -2.44. The Balaban J connectivity index is 1.43. The van der Waals surface area contributed by atoms with E-state index in [0.717, 1.165) is 40.0 Å². The van der Waals surface area contributed by atoms with Gasteiger partial charge < -0.3 is 14.0 Å². The van der Waals surface area contributed by atoms with Crippen molar-refractivity contribution in [2.45, 2.75) is 49.8 Å². The van der Waals surface area contributed by atoms with Crippen molar-refractivity contribution in [2.75, 3.05) is 14.1 Å². The van der Waals surface area contributed by atoms with E-state index in [2.05, 4.69) is 14.1 Å². The largest absolute Gasteiger partial charge is 0.461 e. The number of carbonyl (C=O) groups is 1. The first-order valence-electron chi connectivity index (χ1n) is 9.93. The van der Waals surface area contributed by atoms with E-state index in [0.29, 0.717) is 12.1 Å². The first kappa shape index (κ1) is 16.8. The fraction of sp³-hybridized carbons (Fsp3) is 0.435. The lowest BCUT2D eigenvalue weighted by molar-refractivity contribution is -0.931. The van der Waals surface area contributed by atoms with Crippen LogP contribution in [0.15, 0.2) is 48.5 Å². The molecular formula is C23H26NO3+. The summed E-state index contributed by atoms with van der Waals surface area (Å²) in [4.78, 5) is 13.3. The molecule has 4 nitrogen and oxygen atoms in total. The number of hydrogen-bond acceptors (Lipinski definition) is 3. The van der Waals surface area contributed by atoms with Crippen molar-refractivity contribution in [3.05, 3.63) is 59.7 Å². The van der Waals surface area contributed by atoms with Crippen LogP contribution in [0.5, 0.6) is 11.5 Å². The molecule has 140 valence electrons. The summed E-state index contributed by atoms with van der Waals surface area (Å²) in [5.74, 6) is 0.947. The Morgan fingerprint density at radius 3 is 2.00 bits per heavy atom. The standard InChI is InChI=1S/C23H26NO3/c1-24(2)15-11-12-16(24)14-17(13-15)26-23(25)22-18-7-3-5-9-20(18)27-21-10-6-4-8-19(21)22/h3-10,15-17,22H,11-14H2,1-2H3/q+1/t15-,16+,17+. The molecule has 3 aliphatic heterocycles. The second-order valence-corrected chi connectivity index (χ2v) is 8.66. The van der Waals surface area contributed by atoms with Crippen molar-refractivity contribution in [1.82, 2.24) is 0 Å². The summed E-state index contributed by atoms with van der Waals surface area (Å²) >= 11 is 0. The maximum atomic E-state index is 13.3. The van der Waals surface area contributed by atoms with Crippen LogP contribution < -0.4 is 4.74 Å².